The molecule has 0 atom stereocenters. The molecule has 132 valence electrons. The number of amides is 1. The van der Waals surface area contributed by atoms with Crippen LogP contribution in [0.2, 0.25) is 10.0 Å². The van der Waals surface area contributed by atoms with Gasteiger partial charge in [0, 0.05) is 32.5 Å². The lowest BCUT2D eigenvalue weighted by molar-refractivity contribution is -0.129. The topological polar surface area (TPSA) is 89.3 Å². The molecule has 0 spiro atoms. The van der Waals surface area contributed by atoms with Crippen LogP contribution in [0.25, 0.3) is 0 Å². The van der Waals surface area contributed by atoms with Crippen LogP contribution in [0.5, 0.6) is 0 Å². The van der Waals surface area contributed by atoms with Crippen molar-refractivity contribution in [1.29, 1.82) is 0 Å². The summed E-state index contributed by atoms with van der Waals surface area (Å²) in [4.78, 5) is 16.1. The highest BCUT2D eigenvalue weighted by Gasteiger charge is 2.35. The average molecular weight is 406 g/mol. The van der Waals surface area contributed by atoms with Gasteiger partial charge in [-0.2, -0.15) is 0 Å². The van der Waals surface area contributed by atoms with E-state index in [1.54, 1.807) is 6.07 Å². The summed E-state index contributed by atoms with van der Waals surface area (Å²) in [6, 6.07) is 1.61. The average Bonchev–Trinajstić information content (AvgIpc) is 2.46. The lowest BCUT2D eigenvalue weighted by Gasteiger charge is -2.31. The van der Waals surface area contributed by atoms with E-state index in [-0.39, 0.29) is 30.7 Å². The maximum Gasteiger partial charge on any atom is 0.240 e. The molecular formula is C13H20Cl4N4O2. The van der Waals surface area contributed by atoms with Gasteiger partial charge >= 0.3 is 0 Å². The second kappa shape index (κ2) is 10.4. The Hall–Kier alpha value is -0.500. The summed E-state index contributed by atoms with van der Waals surface area (Å²) < 4.78 is 5.22. The molecule has 1 aromatic rings. The SMILES string of the molecule is Cl.Cl.NC1(C(=O)NCCNc2ncc(Cl)cc2Cl)CCOCC1. The van der Waals surface area contributed by atoms with Crippen molar-refractivity contribution in [3.05, 3.63) is 22.3 Å². The number of carbonyl (C=O) groups is 1. The fourth-order valence-corrected chi connectivity index (χ4v) is 2.49. The number of hydrogen-bond acceptors (Lipinski definition) is 5. The number of nitrogens with two attached hydrogens (primary N) is 1. The van der Waals surface area contributed by atoms with Crippen LogP contribution in [0.3, 0.4) is 0 Å². The normalized spacial score (nSPS) is 15.8. The minimum atomic E-state index is -0.825. The highest BCUT2D eigenvalue weighted by molar-refractivity contribution is 6.35. The van der Waals surface area contributed by atoms with Gasteiger partial charge in [-0.1, -0.05) is 23.2 Å². The third kappa shape index (κ3) is 6.49. The standard InChI is InChI=1S/C13H18Cl2N4O2.2ClH/c14-9-7-10(15)11(19-8-9)17-3-4-18-12(20)13(16)1-5-21-6-2-13;;/h7-8H,1-6,16H2,(H,17,19)(H,18,20);2*1H. The number of rotatable bonds is 5. The van der Waals surface area contributed by atoms with Crippen molar-refractivity contribution in [1.82, 2.24) is 10.3 Å². The van der Waals surface area contributed by atoms with Gasteiger partial charge < -0.3 is 21.1 Å². The molecule has 6 nitrogen and oxygen atoms in total. The molecule has 0 unspecified atom stereocenters. The summed E-state index contributed by atoms with van der Waals surface area (Å²) in [6.45, 7) is 1.96. The molecule has 1 aliphatic heterocycles. The van der Waals surface area contributed by atoms with Crippen LogP contribution in [0, 0.1) is 0 Å². The molecule has 2 rings (SSSR count). The minimum absolute atomic E-state index is 0. The molecule has 23 heavy (non-hydrogen) atoms. The van der Waals surface area contributed by atoms with Crippen LogP contribution in [-0.2, 0) is 9.53 Å². The Kier molecular flexibility index (Phi) is 10.2. The molecular weight excluding hydrogens is 386 g/mol. The minimum Gasteiger partial charge on any atom is -0.381 e. The van der Waals surface area contributed by atoms with E-state index in [2.05, 4.69) is 15.6 Å². The lowest BCUT2D eigenvalue weighted by atomic mass is 9.90. The number of nitrogens with zero attached hydrogens (tertiary/aromatic N) is 1. The Labute approximate surface area is 157 Å². The van der Waals surface area contributed by atoms with Crippen molar-refractivity contribution in [2.45, 2.75) is 18.4 Å². The van der Waals surface area contributed by atoms with Gasteiger partial charge in [0.1, 0.15) is 5.82 Å². The zero-order valence-electron chi connectivity index (χ0n) is 12.3. The van der Waals surface area contributed by atoms with E-state index in [4.69, 9.17) is 33.7 Å². The predicted molar refractivity (Wildman–Crippen MR) is 97.2 cm³/mol. The molecule has 0 saturated carbocycles. The first-order valence-electron chi connectivity index (χ1n) is 6.71. The van der Waals surface area contributed by atoms with Crippen LogP contribution in [0.4, 0.5) is 5.82 Å². The third-order valence-electron chi connectivity index (χ3n) is 3.35. The van der Waals surface area contributed by atoms with Gasteiger partial charge in [-0.05, 0) is 18.9 Å². The Morgan fingerprint density at radius 1 is 1.30 bits per heavy atom. The number of hydrogen-bond donors (Lipinski definition) is 3. The molecule has 2 heterocycles. The highest BCUT2D eigenvalue weighted by Crippen LogP contribution is 2.22. The molecule has 1 aliphatic rings. The molecule has 1 fully saturated rings. The van der Waals surface area contributed by atoms with Crippen molar-refractivity contribution in [2.24, 2.45) is 5.73 Å². The summed E-state index contributed by atoms with van der Waals surface area (Å²) >= 11 is 11.7. The first-order chi connectivity index (χ1) is 10.0. The van der Waals surface area contributed by atoms with Crippen molar-refractivity contribution in [2.75, 3.05) is 31.6 Å². The van der Waals surface area contributed by atoms with E-state index >= 15 is 0 Å². The predicted octanol–water partition coefficient (Wildman–Crippen LogP) is 2.27. The van der Waals surface area contributed by atoms with Crippen molar-refractivity contribution in [3.8, 4) is 0 Å². The summed E-state index contributed by atoms with van der Waals surface area (Å²) in [5.41, 5.74) is 5.25. The number of halogens is 4. The quantitative estimate of drug-likeness (QED) is 0.653. The van der Waals surface area contributed by atoms with E-state index in [0.717, 1.165) is 0 Å². The van der Waals surface area contributed by atoms with E-state index < -0.39 is 5.54 Å². The van der Waals surface area contributed by atoms with E-state index in [1.165, 1.54) is 6.20 Å². The summed E-state index contributed by atoms with van der Waals surface area (Å²) in [5.74, 6) is 0.381. The lowest BCUT2D eigenvalue weighted by Crippen LogP contribution is -2.57. The number of pyridine rings is 1. The van der Waals surface area contributed by atoms with Crippen molar-refractivity contribution < 1.29 is 9.53 Å². The van der Waals surface area contributed by atoms with Gasteiger partial charge in [0.15, 0.2) is 0 Å². The third-order valence-corrected chi connectivity index (χ3v) is 3.84. The molecule has 0 aromatic carbocycles. The zero-order chi connectivity index (χ0) is 15.3. The number of nitrogens with one attached hydrogen (secondary N) is 2. The summed E-state index contributed by atoms with van der Waals surface area (Å²) in [6.07, 6.45) is 2.58. The molecule has 1 amide bonds. The fourth-order valence-electron chi connectivity index (χ4n) is 2.04. The summed E-state index contributed by atoms with van der Waals surface area (Å²) in [7, 11) is 0. The zero-order valence-corrected chi connectivity index (χ0v) is 15.5. The largest absolute Gasteiger partial charge is 0.381 e. The van der Waals surface area contributed by atoms with Gasteiger partial charge in [-0.15, -0.1) is 24.8 Å². The van der Waals surface area contributed by atoms with Gasteiger partial charge in [0.25, 0.3) is 0 Å². The Morgan fingerprint density at radius 3 is 2.57 bits per heavy atom. The van der Waals surface area contributed by atoms with Gasteiger partial charge in [-0.3, -0.25) is 4.79 Å². The highest BCUT2D eigenvalue weighted by atomic mass is 35.5. The number of anilines is 1. The van der Waals surface area contributed by atoms with Crippen molar-refractivity contribution >= 4 is 59.7 Å². The molecule has 0 bridgehead atoms. The maximum atomic E-state index is 12.1. The monoisotopic (exact) mass is 404 g/mol. The van der Waals surface area contributed by atoms with Gasteiger partial charge in [0.05, 0.1) is 15.6 Å². The summed E-state index contributed by atoms with van der Waals surface area (Å²) in [5, 5.41) is 6.76. The Balaban J connectivity index is 0.00000242. The molecule has 0 radical (unpaired) electrons. The molecule has 1 saturated heterocycles. The van der Waals surface area contributed by atoms with Crippen LogP contribution in [0.15, 0.2) is 12.3 Å². The van der Waals surface area contributed by atoms with Crippen LogP contribution >= 0.6 is 48.0 Å². The molecule has 4 N–H and O–H groups in total. The Bertz CT molecular complexity index is 513. The first-order valence-corrected chi connectivity index (χ1v) is 7.47. The maximum absolute atomic E-state index is 12.1. The second-order valence-corrected chi connectivity index (χ2v) is 5.78. The number of ether oxygens (including phenoxy) is 1. The number of aromatic nitrogens is 1. The second-order valence-electron chi connectivity index (χ2n) is 4.94. The van der Waals surface area contributed by atoms with Crippen LogP contribution in [0.1, 0.15) is 12.8 Å². The number of carbonyl (C=O) groups excluding carboxylic acids is 1. The Morgan fingerprint density at radius 2 is 1.96 bits per heavy atom. The fraction of sp³-hybridized carbons (Fsp3) is 0.538. The van der Waals surface area contributed by atoms with Crippen LogP contribution < -0.4 is 16.4 Å². The van der Waals surface area contributed by atoms with Gasteiger partial charge in [0.2, 0.25) is 5.91 Å². The molecule has 10 heteroatoms. The first kappa shape index (κ1) is 22.5. The van der Waals surface area contributed by atoms with E-state index in [9.17, 15) is 4.79 Å². The molecule has 0 aliphatic carbocycles. The van der Waals surface area contributed by atoms with E-state index in [1.807, 2.05) is 0 Å². The van der Waals surface area contributed by atoms with Crippen LogP contribution in [-0.4, -0.2) is 42.7 Å². The van der Waals surface area contributed by atoms with Crippen molar-refractivity contribution in [3.63, 3.8) is 0 Å². The van der Waals surface area contributed by atoms with Gasteiger partial charge in [-0.25, -0.2) is 4.98 Å². The smallest absolute Gasteiger partial charge is 0.240 e. The van der Waals surface area contributed by atoms with E-state index in [0.29, 0.717) is 55.0 Å². The molecule has 1 aromatic heterocycles.